The third kappa shape index (κ3) is 7.90. The van der Waals surface area contributed by atoms with Crippen molar-refractivity contribution in [3.63, 3.8) is 0 Å². The minimum atomic E-state index is 0. The van der Waals surface area contributed by atoms with E-state index in [1.807, 2.05) is 11.9 Å². The first-order chi connectivity index (χ1) is 8.21. The van der Waals surface area contributed by atoms with Gasteiger partial charge in [-0.05, 0) is 32.9 Å². The maximum absolute atomic E-state index is 12.1. The molecule has 0 aliphatic carbocycles. The molecule has 0 rings (SSSR count). The smallest absolute Gasteiger partial charge is 0.222 e. The molecule has 0 aliphatic heterocycles. The molecule has 0 saturated heterocycles. The molecular weight excluding hydrogens is 252 g/mol. The number of ether oxygens (including phenoxy) is 1. The molecule has 1 N–H and O–H groups in total. The Morgan fingerprint density at radius 3 is 2.39 bits per heavy atom. The minimum Gasteiger partial charge on any atom is -0.383 e. The molecule has 4 nitrogen and oxygen atoms in total. The lowest BCUT2D eigenvalue weighted by molar-refractivity contribution is -0.134. The molecule has 18 heavy (non-hydrogen) atoms. The molecule has 0 fully saturated rings. The Labute approximate surface area is 118 Å². The van der Waals surface area contributed by atoms with Crippen LogP contribution in [0.2, 0.25) is 0 Å². The number of hydrogen-bond donors (Lipinski definition) is 1. The Morgan fingerprint density at radius 2 is 1.94 bits per heavy atom. The second kappa shape index (κ2) is 13.1. The van der Waals surface area contributed by atoms with E-state index in [2.05, 4.69) is 19.2 Å². The monoisotopic (exact) mass is 280 g/mol. The number of halogens is 1. The van der Waals surface area contributed by atoms with E-state index in [4.69, 9.17) is 4.74 Å². The zero-order valence-corrected chi connectivity index (χ0v) is 13.0. The quantitative estimate of drug-likeness (QED) is 0.623. The molecule has 0 bridgehead atoms. The third-order valence-corrected chi connectivity index (χ3v) is 3.06. The first-order valence-electron chi connectivity index (χ1n) is 6.64. The Bertz CT molecular complexity index is 199. The molecule has 0 heterocycles. The van der Waals surface area contributed by atoms with Crippen LogP contribution in [0.25, 0.3) is 0 Å². The van der Waals surface area contributed by atoms with Crippen LogP contribution >= 0.6 is 12.4 Å². The highest BCUT2D eigenvalue weighted by Gasteiger charge is 2.19. The lowest BCUT2D eigenvalue weighted by atomic mass is 10.1. The number of carbonyl (C=O) groups is 1. The lowest BCUT2D eigenvalue weighted by Crippen LogP contribution is -2.41. The van der Waals surface area contributed by atoms with E-state index in [0.717, 1.165) is 25.8 Å². The van der Waals surface area contributed by atoms with Crippen molar-refractivity contribution in [1.29, 1.82) is 0 Å². The number of rotatable bonds is 10. The molecule has 0 saturated carbocycles. The van der Waals surface area contributed by atoms with Gasteiger partial charge in [0.05, 0.1) is 6.61 Å². The van der Waals surface area contributed by atoms with Gasteiger partial charge in [0, 0.05) is 26.1 Å². The van der Waals surface area contributed by atoms with Crippen LogP contribution in [0.15, 0.2) is 0 Å². The molecule has 0 aromatic carbocycles. The second-order valence-corrected chi connectivity index (χ2v) is 4.26. The van der Waals surface area contributed by atoms with Crippen LogP contribution in [-0.2, 0) is 9.53 Å². The summed E-state index contributed by atoms with van der Waals surface area (Å²) in [4.78, 5) is 14.1. The van der Waals surface area contributed by atoms with E-state index in [1.54, 1.807) is 7.11 Å². The number of methoxy groups -OCH3 is 1. The standard InChI is InChI=1S/C13H28N2O2.ClH/c1-5-12(6-2)15(10-11-17-4)13(16)8-7-9-14-3;/h12,14H,5-11H2,1-4H3;1H. The zero-order chi connectivity index (χ0) is 13.1. The first kappa shape index (κ1) is 20.0. The number of nitrogens with zero attached hydrogens (tertiary/aromatic N) is 1. The Balaban J connectivity index is 0. The molecule has 110 valence electrons. The van der Waals surface area contributed by atoms with Crippen molar-refractivity contribution in [2.24, 2.45) is 0 Å². The van der Waals surface area contributed by atoms with Crippen LogP contribution < -0.4 is 5.32 Å². The van der Waals surface area contributed by atoms with Gasteiger partial charge in [0.1, 0.15) is 0 Å². The van der Waals surface area contributed by atoms with Crippen molar-refractivity contribution >= 4 is 18.3 Å². The largest absolute Gasteiger partial charge is 0.383 e. The van der Waals surface area contributed by atoms with Crippen molar-refractivity contribution in [3.05, 3.63) is 0 Å². The predicted molar refractivity (Wildman–Crippen MR) is 78.4 cm³/mol. The van der Waals surface area contributed by atoms with Crippen LogP contribution in [-0.4, -0.2) is 50.7 Å². The fourth-order valence-corrected chi connectivity index (χ4v) is 1.99. The highest BCUT2D eigenvalue weighted by molar-refractivity contribution is 5.85. The molecule has 0 atom stereocenters. The molecule has 0 aliphatic rings. The fraction of sp³-hybridized carbons (Fsp3) is 0.923. The van der Waals surface area contributed by atoms with Gasteiger partial charge in [0.25, 0.3) is 0 Å². The fourth-order valence-electron chi connectivity index (χ4n) is 1.99. The summed E-state index contributed by atoms with van der Waals surface area (Å²) in [6.07, 6.45) is 3.55. The summed E-state index contributed by atoms with van der Waals surface area (Å²) >= 11 is 0. The molecule has 0 aromatic heterocycles. The van der Waals surface area contributed by atoms with Gasteiger partial charge in [0.2, 0.25) is 5.91 Å². The van der Waals surface area contributed by atoms with E-state index in [-0.39, 0.29) is 18.3 Å². The van der Waals surface area contributed by atoms with Crippen LogP contribution in [0.5, 0.6) is 0 Å². The van der Waals surface area contributed by atoms with Gasteiger partial charge in [-0.15, -0.1) is 12.4 Å². The number of amides is 1. The van der Waals surface area contributed by atoms with E-state index < -0.39 is 0 Å². The molecule has 5 heteroatoms. The number of carbonyl (C=O) groups excluding carboxylic acids is 1. The van der Waals surface area contributed by atoms with Crippen LogP contribution in [0.4, 0.5) is 0 Å². The van der Waals surface area contributed by atoms with Crippen LogP contribution in [0.3, 0.4) is 0 Å². The lowest BCUT2D eigenvalue weighted by Gasteiger charge is -2.30. The van der Waals surface area contributed by atoms with Crippen molar-refractivity contribution in [2.75, 3.05) is 33.9 Å². The summed E-state index contributed by atoms with van der Waals surface area (Å²) in [5.41, 5.74) is 0. The summed E-state index contributed by atoms with van der Waals surface area (Å²) in [6, 6.07) is 0.354. The maximum atomic E-state index is 12.1. The second-order valence-electron chi connectivity index (χ2n) is 4.26. The van der Waals surface area contributed by atoms with Crippen LogP contribution in [0.1, 0.15) is 39.5 Å². The minimum absolute atomic E-state index is 0. The Hall–Kier alpha value is -0.320. The summed E-state index contributed by atoms with van der Waals surface area (Å²) in [7, 11) is 3.59. The zero-order valence-electron chi connectivity index (χ0n) is 12.2. The van der Waals surface area contributed by atoms with E-state index >= 15 is 0 Å². The Morgan fingerprint density at radius 1 is 1.33 bits per heavy atom. The molecule has 0 unspecified atom stereocenters. The van der Waals surface area contributed by atoms with Gasteiger partial charge in [-0.3, -0.25) is 4.79 Å². The highest BCUT2D eigenvalue weighted by Crippen LogP contribution is 2.11. The maximum Gasteiger partial charge on any atom is 0.222 e. The third-order valence-electron chi connectivity index (χ3n) is 3.06. The van der Waals surface area contributed by atoms with Crippen molar-refractivity contribution in [3.8, 4) is 0 Å². The van der Waals surface area contributed by atoms with E-state index in [9.17, 15) is 4.79 Å². The average Bonchev–Trinajstić information content (AvgIpc) is 2.34. The highest BCUT2D eigenvalue weighted by atomic mass is 35.5. The van der Waals surface area contributed by atoms with Crippen molar-refractivity contribution in [1.82, 2.24) is 10.2 Å². The molecule has 1 amide bonds. The predicted octanol–water partition coefficient (Wildman–Crippen LogP) is 2.07. The molecular formula is C13H29ClN2O2. The average molecular weight is 281 g/mol. The van der Waals surface area contributed by atoms with E-state index in [1.165, 1.54) is 0 Å². The van der Waals surface area contributed by atoms with Crippen molar-refractivity contribution < 1.29 is 9.53 Å². The van der Waals surface area contributed by atoms with E-state index in [0.29, 0.717) is 25.6 Å². The normalized spacial score (nSPS) is 10.3. The van der Waals surface area contributed by atoms with Gasteiger partial charge in [0.15, 0.2) is 0 Å². The van der Waals surface area contributed by atoms with Gasteiger partial charge >= 0.3 is 0 Å². The van der Waals surface area contributed by atoms with Gasteiger partial charge < -0.3 is 15.0 Å². The first-order valence-corrected chi connectivity index (χ1v) is 6.64. The molecule has 0 spiro atoms. The summed E-state index contributed by atoms with van der Waals surface area (Å²) in [5.74, 6) is 0.256. The number of hydrogen-bond acceptors (Lipinski definition) is 3. The SMILES string of the molecule is CCC(CC)N(CCOC)C(=O)CCCNC.Cl. The van der Waals surface area contributed by atoms with Crippen LogP contribution in [0, 0.1) is 0 Å². The van der Waals surface area contributed by atoms with Gasteiger partial charge in [-0.25, -0.2) is 0 Å². The number of nitrogens with one attached hydrogen (secondary N) is 1. The summed E-state index contributed by atoms with van der Waals surface area (Å²) in [6.45, 7) is 6.49. The van der Waals surface area contributed by atoms with Gasteiger partial charge in [-0.1, -0.05) is 13.8 Å². The van der Waals surface area contributed by atoms with Crippen molar-refractivity contribution in [2.45, 2.75) is 45.6 Å². The topological polar surface area (TPSA) is 41.6 Å². The molecule has 0 radical (unpaired) electrons. The van der Waals surface area contributed by atoms with Gasteiger partial charge in [-0.2, -0.15) is 0 Å². The Kier molecular flexibility index (Phi) is 14.6. The summed E-state index contributed by atoms with van der Waals surface area (Å²) in [5, 5.41) is 3.07. The molecule has 0 aromatic rings. The summed E-state index contributed by atoms with van der Waals surface area (Å²) < 4.78 is 5.08.